The van der Waals surface area contributed by atoms with Gasteiger partial charge in [-0.3, -0.25) is 9.59 Å². The topological polar surface area (TPSA) is 67.4 Å². The Balaban J connectivity index is 1.89. The predicted molar refractivity (Wildman–Crippen MR) is 105 cm³/mol. The number of hydrogen-bond donors (Lipinski definition) is 2. The molecule has 26 heavy (non-hydrogen) atoms. The highest BCUT2D eigenvalue weighted by Crippen LogP contribution is 2.15. The lowest BCUT2D eigenvalue weighted by Crippen LogP contribution is -2.17. The molecule has 5 nitrogen and oxygen atoms in total. The summed E-state index contributed by atoms with van der Waals surface area (Å²) in [5.74, 6) is 0.457. The zero-order valence-electron chi connectivity index (χ0n) is 15.3. The quantitative estimate of drug-likeness (QED) is 0.729. The molecule has 0 radical (unpaired) electrons. The molecule has 0 aliphatic carbocycles. The molecule has 2 aromatic carbocycles. The Hall–Kier alpha value is -3.08. The molecule has 0 bridgehead atoms. The second-order valence-corrected chi connectivity index (χ2v) is 6.05. The summed E-state index contributed by atoms with van der Waals surface area (Å²) in [5, 5.41) is 5.59. The fourth-order valence-corrected chi connectivity index (χ4v) is 2.12. The largest absolute Gasteiger partial charge is 0.494 e. The summed E-state index contributed by atoms with van der Waals surface area (Å²) >= 11 is 0. The maximum atomic E-state index is 12.0. The van der Waals surface area contributed by atoms with Crippen molar-refractivity contribution in [2.75, 3.05) is 17.2 Å². The molecule has 0 saturated heterocycles. The Bertz CT molecular complexity index is 763. The van der Waals surface area contributed by atoms with Crippen molar-refractivity contribution in [2.24, 2.45) is 5.92 Å². The van der Waals surface area contributed by atoms with E-state index in [2.05, 4.69) is 10.6 Å². The molecule has 0 saturated carbocycles. The second kappa shape index (κ2) is 9.42. The van der Waals surface area contributed by atoms with E-state index in [1.165, 1.54) is 6.08 Å². The van der Waals surface area contributed by atoms with Crippen LogP contribution in [-0.4, -0.2) is 18.4 Å². The van der Waals surface area contributed by atoms with Gasteiger partial charge in [0, 0.05) is 23.4 Å². The van der Waals surface area contributed by atoms with E-state index in [4.69, 9.17) is 4.74 Å². The lowest BCUT2D eigenvalue weighted by molar-refractivity contribution is -0.119. The van der Waals surface area contributed by atoms with Gasteiger partial charge < -0.3 is 15.4 Å². The third kappa shape index (κ3) is 6.09. The summed E-state index contributed by atoms with van der Waals surface area (Å²) in [5.41, 5.74) is 2.27. The number of nitrogens with one attached hydrogen (secondary N) is 2. The summed E-state index contributed by atoms with van der Waals surface area (Å²) in [6.45, 7) is 6.22. The standard InChI is InChI=1S/C21H24N2O3/c1-4-26-19-12-5-16(6-13-19)7-14-20(24)22-17-8-10-18(11-9-17)23-21(25)15(2)3/h5-15H,4H2,1-3H3,(H,22,24)(H,23,25). The molecule has 2 N–H and O–H groups in total. The van der Waals surface area contributed by atoms with E-state index >= 15 is 0 Å². The zero-order chi connectivity index (χ0) is 18.9. The van der Waals surface area contributed by atoms with Crippen molar-refractivity contribution in [3.63, 3.8) is 0 Å². The molecule has 0 aliphatic heterocycles. The summed E-state index contributed by atoms with van der Waals surface area (Å²) in [4.78, 5) is 23.7. The van der Waals surface area contributed by atoms with Crippen LogP contribution >= 0.6 is 0 Å². The van der Waals surface area contributed by atoms with Crippen molar-refractivity contribution in [3.05, 3.63) is 60.2 Å². The Kier molecular flexibility index (Phi) is 6.97. The first-order valence-corrected chi connectivity index (χ1v) is 8.60. The monoisotopic (exact) mass is 352 g/mol. The molecular weight excluding hydrogens is 328 g/mol. The van der Waals surface area contributed by atoms with Gasteiger partial charge in [-0.25, -0.2) is 0 Å². The van der Waals surface area contributed by atoms with E-state index in [1.807, 2.05) is 45.0 Å². The number of carbonyl (C=O) groups excluding carboxylic acids is 2. The first-order valence-electron chi connectivity index (χ1n) is 8.60. The van der Waals surface area contributed by atoms with Crippen LogP contribution < -0.4 is 15.4 Å². The minimum atomic E-state index is -0.224. The highest BCUT2D eigenvalue weighted by Gasteiger charge is 2.07. The Labute approximate surface area is 154 Å². The Morgan fingerprint density at radius 2 is 1.54 bits per heavy atom. The number of benzene rings is 2. The number of hydrogen-bond acceptors (Lipinski definition) is 3. The molecule has 2 aromatic rings. The van der Waals surface area contributed by atoms with Crippen LogP contribution in [0.2, 0.25) is 0 Å². The van der Waals surface area contributed by atoms with Crippen LogP contribution in [0.1, 0.15) is 26.3 Å². The first kappa shape index (κ1) is 19.2. The molecule has 0 spiro atoms. The lowest BCUT2D eigenvalue weighted by atomic mass is 10.2. The molecule has 0 fully saturated rings. The summed E-state index contributed by atoms with van der Waals surface area (Å²) in [6.07, 6.45) is 3.21. The van der Waals surface area contributed by atoms with Gasteiger partial charge in [0.1, 0.15) is 5.75 Å². The van der Waals surface area contributed by atoms with Gasteiger partial charge >= 0.3 is 0 Å². The smallest absolute Gasteiger partial charge is 0.248 e. The first-order chi connectivity index (χ1) is 12.5. The Morgan fingerprint density at radius 3 is 2.08 bits per heavy atom. The summed E-state index contributed by atoms with van der Waals surface area (Å²) < 4.78 is 5.38. The van der Waals surface area contributed by atoms with Crippen LogP contribution in [-0.2, 0) is 9.59 Å². The molecule has 2 rings (SSSR count). The van der Waals surface area contributed by atoms with Crippen molar-refractivity contribution < 1.29 is 14.3 Å². The maximum absolute atomic E-state index is 12.0. The van der Waals surface area contributed by atoms with Crippen molar-refractivity contribution in [1.82, 2.24) is 0 Å². The van der Waals surface area contributed by atoms with Gasteiger partial charge in [-0.1, -0.05) is 26.0 Å². The molecular formula is C21H24N2O3. The molecule has 0 heterocycles. The molecule has 0 atom stereocenters. The van der Waals surface area contributed by atoms with Gasteiger partial charge in [0.25, 0.3) is 0 Å². The van der Waals surface area contributed by atoms with Gasteiger partial charge in [-0.05, 0) is 55.0 Å². The highest BCUT2D eigenvalue weighted by molar-refractivity contribution is 6.02. The van der Waals surface area contributed by atoms with Crippen LogP contribution in [0, 0.1) is 5.92 Å². The fraction of sp³-hybridized carbons (Fsp3) is 0.238. The predicted octanol–water partition coefficient (Wildman–Crippen LogP) is 4.33. The number of rotatable bonds is 7. The van der Waals surface area contributed by atoms with E-state index in [0.717, 1.165) is 11.3 Å². The molecule has 5 heteroatoms. The maximum Gasteiger partial charge on any atom is 0.248 e. The van der Waals surface area contributed by atoms with Crippen LogP contribution in [0.15, 0.2) is 54.6 Å². The minimum Gasteiger partial charge on any atom is -0.494 e. The summed E-state index contributed by atoms with van der Waals surface area (Å²) in [7, 11) is 0. The van der Waals surface area contributed by atoms with E-state index < -0.39 is 0 Å². The average Bonchev–Trinajstić information content (AvgIpc) is 2.63. The van der Waals surface area contributed by atoms with E-state index in [9.17, 15) is 9.59 Å². The molecule has 136 valence electrons. The molecule has 0 aliphatic rings. The van der Waals surface area contributed by atoms with Crippen LogP contribution in [0.5, 0.6) is 5.75 Å². The van der Waals surface area contributed by atoms with Crippen LogP contribution in [0.4, 0.5) is 11.4 Å². The molecule has 0 aromatic heterocycles. The van der Waals surface area contributed by atoms with Crippen molar-refractivity contribution in [3.8, 4) is 5.75 Å². The van der Waals surface area contributed by atoms with Gasteiger partial charge in [-0.15, -0.1) is 0 Å². The van der Waals surface area contributed by atoms with Gasteiger partial charge in [0.15, 0.2) is 0 Å². The van der Waals surface area contributed by atoms with E-state index in [0.29, 0.717) is 18.0 Å². The van der Waals surface area contributed by atoms with Gasteiger partial charge in [0.05, 0.1) is 6.61 Å². The zero-order valence-corrected chi connectivity index (χ0v) is 15.3. The van der Waals surface area contributed by atoms with E-state index in [-0.39, 0.29) is 17.7 Å². The highest BCUT2D eigenvalue weighted by atomic mass is 16.5. The average molecular weight is 352 g/mol. The molecule has 0 unspecified atom stereocenters. The number of amides is 2. The Morgan fingerprint density at radius 1 is 0.962 bits per heavy atom. The van der Waals surface area contributed by atoms with Gasteiger partial charge in [-0.2, -0.15) is 0 Å². The van der Waals surface area contributed by atoms with Crippen molar-refractivity contribution in [1.29, 1.82) is 0 Å². The normalized spacial score (nSPS) is 10.8. The third-order valence-corrected chi connectivity index (χ3v) is 3.56. The lowest BCUT2D eigenvalue weighted by Gasteiger charge is -2.08. The van der Waals surface area contributed by atoms with Crippen LogP contribution in [0.3, 0.4) is 0 Å². The van der Waals surface area contributed by atoms with Crippen molar-refractivity contribution >= 4 is 29.3 Å². The van der Waals surface area contributed by atoms with Crippen molar-refractivity contribution in [2.45, 2.75) is 20.8 Å². The SMILES string of the molecule is CCOc1ccc(C=CC(=O)Nc2ccc(NC(=O)C(C)C)cc2)cc1. The number of ether oxygens (including phenoxy) is 1. The van der Waals surface area contributed by atoms with Crippen LogP contribution in [0.25, 0.3) is 6.08 Å². The summed E-state index contributed by atoms with van der Waals surface area (Å²) in [6, 6.07) is 14.5. The second-order valence-electron chi connectivity index (χ2n) is 6.05. The fourth-order valence-electron chi connectivity index (χ4n) is 2.12. The number of anilines is 2. The van der Waals surface area contributed by atoms with Gasteiger partial charge in [0.2, 0.25) is 11.8 Å². The minimum absolute atomic E-state index is 0.0416. The molecule has 2 amide bonds. The number of carbonyl (C=O) groups is 2. The van der Waals surface area contributed by atoms with E-state index in [1.54, 1.807) is 30.3 Å². The third-order valence-electron chi connectivity index (χ3n) is 3.56.